The Balaban J connectivity index is 2.18. The van der Waals surface area contributed by atoms with Gasteiger partial charge in [0.1, 0.15) is 0 Å². The van der Waals surface area contributed by atoms with Crippen molar-refractivity contribution >= 4 is 0 Å². The van der Waals surface area contributed by atoms with Crippen molar-refractivity contribution in [2.45, 2.75) is 25.7 Å². The van der Waals surface area contributed by atoms with Gasteiger partial charge in [-0.3, -0.25) is 0 Å². The van der Waals surface area contributed by atoms with Gasteiger partial charge in [0.05, 0.1) is 6.61 Å². The molecule has 0 heterocycles. The molecule has 0 radical (unpaired) electrons. The summed E-state index contributed by atoms with van der Waals surface area (Å²) in [6.45, 7) is 0.934. The quantitative estimate of drug-likeness (QED) is 0.615. The molecule has 0 amide bonds. The van der Waals surface area contributed by atoms with Gasteiger partial charge >= 0.3 is 0 Å². The second-order valence-corrected chi connectivity index (χ2v) is 2.63. The minimum Gasteiger partial charge on any atom is -0.395 e. The molecule has 1 rings (SSSR count). The molecule has 0 saturated heterocycles. The maximum Gasteiger partial charge on any atom is 0.0603 e. The molecule has 0 unspecified atom stereocenters. The van der Waals surface area contributed by atoms with Gasteiger partial charge in [-0.15, -0.1) is 0 Å². The standard InChI is InChI=1S/C8H15NO/c10-7-6-9-8-4-2-1-3-5-8/h4,9-10H,1-3,5-7H2. The molecule has 0 atom stereocenters. The van der Waals surface area contributed by atoms with Crippen LogP contribution in [0.2, 0.25) is 0 Å². The van der Waals surface area contributed by atoms with E-state index in [4.69, 9.17) is 5.11 Å². The first-order chi connectivity index (χ1) is 4.93. The molecule has 0 aliphatic heterocycles. The molecule has 0 spiro atoms. The number of aliphatic hydroxyl groups excluding tert-OH is 1. The van der Waals surface area contributed by atoms with Gasteiger partial charge in [0, 0.05) is 12.2 Å². The highest BCUT2D eigenvalue weighted by molar-refractivity contribution is 5.02. The number of aliphatic hydroxyl groups is 1. The van der Waals surface area contributed by atoms with Crippen LogP contribution in [0.15, 0.2) is 11.8 Å². The SMILES string of the molecule is OCCNC1=CCCCC1. The fraction of sp³-hybridized carbons (Fsp3) is 0.750. The average molecular weight is 141 g/mol. The second kappa shape index (κ2) is 4.34. The molecule has 58 valence electrons. The summed E-state index contributed by atoms with van der Waals surface area (Å²) in [5, 5.41) is 11.7. The van der Waals surface area contributed by atoms with Crippen LogP contribution < -0.4 is 5.32 Å². The molecule has 10 heavy (non-hydrogen) atoms. The van der Waals surface area contributed by atoms with Crippen LogP contribution in [0.4, 0.5) is 0 Å². The first-order valence-electron chi connectivity index (χ1n) is 3.97. The molecular weight excluding hydrogens is 126 g/mol. The molecule has 0 fully saturated rings. The van der Waals surface area contributed by atoms with Crippen molar-refractivity contribution in [3.8, 4) is 0 Å². The average Bonchev–Trinajstić information content (AvgIpc) is 2.03. The summed E-state index contributed by atoms with van der Waals surface area (Å²) in [6.07, 6.45) is 7.22. The van der Waals surface area contributed by atoms with E-state index in [1.54, 1.807) is 0 Å². The molecule has 0 bridgehead atoms. The van der Waals surface area contributed by atoms with Crippen LogP contribution in [0.1, 0.15) is 25.7 Å². The van der Waals surface area contributed by atoms with E-state index < -0.39 is 0 Å². The summed E-state index contributed by atoms with van der Waals surface area (Å²) in [5.41, 5.74) is 1.32. The van der Waals surface area contributed by atoms with Crippen molar-refractivity contribution in [1.29, 1.82) is 0 Å². The van der Waals surface area contributed by atoms with Gasteiger partial charge in [-0.2, -0.15) is 0 Å². The van der Waals surface area contributed by atoms with Crippen LogP contribution in [-0.4, -0.2) is 18.3 Å². The van der Waals surface area contributed by atoms with E-state index in [1.807, 2.05) is 0 Å². The Bertz CT molecular complexity index is 120. The Morgan fingerprint density at radius 3 is 3.00 bits per heavy atom. The topological polar surface area (TPSA) is 32.3 Å². The minimum absolute atomic E-state index is 0.233. The zero-order chi connectivity index (χ0) is 7.23. The normalized spacial score (nSPS) is 18.3. The number of hydrogen-bond acceptors (Lipinski definition) is 2. The van der Waals surface area contributed by atoms with Crippen LogP contribution in [0.25, 0.3) is 0 Å². The molecule has 2 heteroatoms. The van der Waals surface area contributed by atoms with E-state index in [-0.39, 0.29) is 6.61 Å². The predicted octanol–water partition coefficient (Wildman–Crippen LogP) is 1.03. The Labute approximate surface area is 61.9 Å². The summed E-state index contributed by atoms with van der Waals surface area (Å²) >= 11 is 0. The Morgan fingerprint density at radius 2 is 2.40 bits per heavy atom. The predicted molar refractivity (Wildman–Crippen MR) is 41.6 cm³/mol. The lowest BCUT2D eigenvalue weighted by molar-refractivity contribution is 0.296. The lowest BCUT2D eigenvalue weighted by Gasteiger charge is -2.13. The highest BCUT2D eigenvalue weighted by Gasteiger charge is 2.00. The van der Waals surface area contributed by atoms with Crippen molar-refractivity contribution in [2.24, 2.45) is 0 Å². The van der Waals surface area contributed by atoms with Gasteiger partial charge in [-0.25, -0.2) is 0 Å². The van der Waals surface area contributed by atoms with Crippen molar-refractivity contribution in [3.05, 3.63) is 11.8 Å². The summed E-state index contributed by atoms with van der Waals surface area (Å²) in [5.74, 6) is 0. The third kappa shape index (κ3) is 2.40. The van der Waals surface area contributed by atoms with Crippen molar-refractivity contribution in [3.63, 3.8) is 0 Å². The first kappa shape index (κ1) is 7.61. The van der Waals surface area contributed by atoms with Crippen LogP contribution in [0, 0.1) is 0 Å². The van der Waals surface area contributed by atoms with Gasteiger partial charge < -0.3 is 10.4 Å². The van der Waals surface area contributed by atoms with Crippen LogP contribution in [0.5, 0.6) is 0 Å². The molecule has 0 aromatic rings. The number of hydrogen-bond donors (Lipinski definition) is 2. The zero-order valence-electron chi connectivity index (χ0n) is 6.27. The van der Waals surface area contributed by atoms with Gasteiger partial charge in [0.15, 0.2) is 0 Å². The minimum atomic E-state index is 0.233. The summed E-state index contributed by atoms with van der Waals surface area (Å²) in [6, 6.07) is 0. The fourth-order valence-corrected chi connectivity index (χ4v) is 1.22. The molecule has 2 N–H and O–H groups in total. The van der Waals surface area contributed by atoms with Gasteiger partial charge in [-0.05, 0) is 25.7 Å². The zero-order valence-corrected chi connectivity index (χ0v) is 6.27. The molecule has 0 saturated carbocycles. The van der Waals surface area contributed by atoms with E-state index in [1.165, 1.54) is 31.4 Å². The van der Waals surface area contributed by atoms with E-state index in [9.17, 15) is 0 Å². The number of allylic oxidation sites excluding steroid dienone is 2. The largest absolute Gasteiger partial charge is 0.395 e. The highest BCUT2D eigenvalue weighted by Crippen LogP contribution is 2.14. The Morgan fingerprint density at radius 1 is 1.50 bits per heavy atom. The summed E-state index contributed by atoms with van der Waals surface area (Å²) in [7, 11) is 0. The fourth-order valence-electron chi connectivity index (χ4n) is 1.22. The van der Waals surface area contributed by atoms with E-state index in [2.05, 4.69) is 11.4 Å². The molecule has 1 aliphatic carbocycles. The third-order valence-electron chi connectivity index (χ3n) is 1.75. The summed E-state index contributed by atoms with van der Waals surface area (Å²) < 4.78 is 0. The third-order valence-corrected chi connectivity index (χ3v) is 1.75. The van der Waals surface area contributed by atoms with Gasteiger partial charge in [0.2, 0.25) is 0 Å². The maximum absolute atomic E-state index is 8.51. The van der Waals surface area contributed by atoms with Crippen molar-refractivity contribution < 1.29 is 5.11 Å². The van der Waals surface area contributed by atoms with Crippen molar-refractivity contribution in [1.82, 2.24) is 5.32 Å². The lowest BCUT2D eigenvalue weighted by atomic mass is 10.1. The second-order valence-electron chi connectivity index (χ2n) is 2.63. The first-order valence-corrected chi connectivity index (χ1v) is 3.97. The van der Waals surface area contributed by atoms with Crippen LogP contribution >= 0.6 is 0 Å². The van der Waals surface area contributed by atoms with Crippen LogP contribution in [0.3, 0.4) is 0 Å². The smallest absolute Gasteiger partial charge is 0.0603 e. The Hall–Kier alpha value is -0.500. The van der Waals surface area contributed by atoms with Gasteiger partial charge in [0.25, 0.3) is 0 Å². The van der Waals surface area contributed by atoms with E-state index in [0.29, 0.717) is 6.54 Å². The highest BCUT2D eigenvalue weighted by atomic mass is 16.3. The molecule has 0 aromatic carbocycles. The number of nitrogens with one attached hydrogen (secondary N) is 1. The van der Waals surface area contributed by atoms with E-state index >= 15 is 0 Å². The molecule has 0 aromatic heterocycles. The lowest BCUT2D eigenvalue weighted by Crippen LogP contribution is -2.18. The number of rotatable bonds is 3. The Kier molecular flexibility index (Phi) is 3.30. The van der Waals surface area contributed by atoms with E-state index in [0.717, 1.165) is 0 Å². The van der Waals surface area contributed by atoms with Crippen molar-refractivity contribution in [2.75, 3.05) is 13.2 Å². The molecule has 2 nitrogen and oxygen atoms in total. The summed E-state index contributed by atoms with van der Waals surface area (Å²) in [4.78, 5) is 0. The molecular formula is C8H15NO. The maximum atomic E-state index is 8.51. The van der Waals surface area contributed by atoms with Crippen LogP contribution in [-0.2, 0) is 0 Å². The monoisotopic (exact) mass is 141 g/mol. The van der Waals surface area contributed by atoms with Gasteiger partial charge in [-0.1, -0.05) is 6.08 Å². The molecule has 1 aliphatic rings.